The molecule has 0 aromatic carbocycles. The maximum absolute atomic E-state index is 11.4. The number of aromatic amines is 1. The van der Waals surface area contributed by atoms with E-state index in [1.807, 2.05) is 22.6 Å². The number of rotatable bonds is 3. The largest absolute Gasteiger partial charge is 0.379 e. The van der Waals surface area contributed by atoms with Crippen molar-refractivity contribution in [3.8, 4) is 0 Å². The van der Waals surface area contributed by atoms with Crippen LogP contribution in [0, 0.1) is 3.57 Å². The Morgan fingerprint density at radius 2 is 2.44 bits per heavy atom. The lowest BCUT2D eigenvalue weighted by Gasteiger charge is -2.20. The minimum absolute atomic E-state index is 0.106. The van der Waals surface area contributed by atoms with Crippen LogP contribution in [0.25, 0.3) is 0 Å². The van der Waals surface area contributed by atoms with E-state index >= 15 is 0 Å². The molecule has 1 aromatic heterocycles. The Labute approximate surface area is 107 Å². The fraction of sp³-hybridized carbons (Fsp3) is 0.600. The maximum atomic E-state index is 11.4. The predicted octanol–water partition coefficient (Wildman–Crippen LogP) is 1.35. The average Bonchev–Trinajstić information content (AvgIpc) is 2.72. The molecule has 0 saturated heterocycles. The van der Waals surface area contributed by atoms with Gasteiger partial charge in [0.15, 0.2) is 0 Å². The zero-order valence-corrected chi connectivity index (χ0v) is 11.2. The first kappa shape index (κ1) is 11.8. The van der Waals surface area contributed by atoms with Crippen molar-refractivity contribution >= 4 is 28.4 Å². The molecule has 2 atom stereocenters. The summed E-state index contributed by atoms with van der Waals surface area (Å²) in [5, 5.41) is 3.29. The second-order valence-corrected chi connectivity index (χ2v) is 4.93. The Morgan fingerprint density at radius 3 is 3.19 bits per heavy atom. The van der Waals surface area contributed by atoms with Crippen LogP contribution in [0.2, 0.25) is 0 Å². The molecule has 2 rings (SSSR count). The fourth-order valence-corrected chi connectivity index (χ4v) is 2.48. The summed E-state index contributed by atoms with van der Waals surface area (Å²) in [5.41, 5.74) is -0.106. The van der Waals surface area contributed by atoms with Gasteiger partial charge in [0.2, 0.25) is 0 Å². The molecule has 0 spiro atoms. The van der Waals surface area contributed by atoms with Crippen LogP contribution >= 0.6 is 22.6 Å². The van der Waals surface area contributed by atoms with E-state index in [1.54, 1.807) is 7.11 Å². The van der Waals surface area contributed by atoms with Crippen molar-refractivity contribution in [2.45, 2.75) is 31.4 Å². The summed E-state index contributed by atoms with van der Waals surface area (Å²) in [4.78, 5) is 18.1. The lowest BCUT2D eigenvalue weighted by Crippen LogP contribution is -2.31. The lowest BCUT2D eigenvalue weighted by molar-refractivity contribution is 0.101. The Balaban J connectivity index is 2.14. The molecule has 1 aromatic rings. The SMILES string of the molecule is COC1CCCC1Nc1nc[nH]c(=O)c1I. The van der Waals surface area contributed by atoms with Crippen LogP contribution in [0.15, 0.2) is 11.1 Å². The van der Waals surface area contributed by atoms with Crippen LogP contribution in [0.4, 0.5) is 5.82 Å². The van der Waals surface area contributed by atoms with Gasteiger partial charge >= 0.3 is 0 Å². The Hall–Kier alpha value is -0.630. The standard InChI is InChI=1S/C10H14IN3O2/c1-16-7-4-2-3-6(7)14-9-8(11)10(15)13-5-12-9/h5-7H,2-4H2,1H3,(H2,12,13,14,15). The van der Waals surface area contributed by atoms with E-state index in [0.29, 0.717) is 9.39 Å². The Bertz CT molecular complexity index is 421. The summed E-state index contributed by atoms with van der Waals surface area (Å²) in [5.74, 6) is 0.651. The quantitative estimate of drug-likeness (QED) is 0.819. The first-order valence-corrected chi connectivity index (χ1v) is 6.32. The second kappa shape index (κ2) is 5.13. The number of ether oxygens (including phenoxy) is 1. The molecule has 0 radical (unpaired) electrons. The summed E-state index contributed by atoms with van der Waals surface area (Å²) < 4.78 is 5.99. The molecule has 0 aliphatic heterocycles. The molecule has 2 unspecified atom stereocenters. The van der Waals surface area contributed by atoms with Crippen LogP contribution in [0.1, 0.15) is 19.3 Å². The molecule has 1 fully saturated rings. The third-order valence-corrected chi connectivity index (χ3v) is 3.87. The molecule has 0 bridgehead atoms. The molecule has 1 saturated carbocycles. The van der Waals surface area contributed by atoms with Gasteiger partial charge in [0, 0.05) is 7.11 Å². The highest BCUT2D eigenvalue weighted by molar-refractivity contribution is 14.1. The molecule has 2 N–H and O–H groups in total. The van der Waals surface area contributed by atoms with E-state index in [4.69, 9.17) is 4.74 Å². The van der Waals surface area contributed by atoms with Crippen molar-refractivity contribution in [2.24, 2.45) is 0 Å². The third kappa shape index (κ3) is 2.37. The zero-order valence-electron chi connectivity index (χ0n) is 9.00. The van der Waals surface area contributed by atoms with Crippen molar-refractivity contribution in [3.05, 3.63) is 20.3 Å². The van der Waals surface area contributed by atoms with Crippen molar-refractivity contribution in [3.63, 3.8) is 0 Å². The monoisotopic (exact) mass is 335 g/mol. The molecular weight excluding hydrogens is 321 g/mol. The highest BCUT2D eigenvalue weighted by Gasteiger charge is 2.27. The number of methoxy groups -OCH3 is 1. The van der Waals surface area contributed by atoms with Gasteiger partial charge in [0.05, 0.1) is 18.5 Å². The topological polar surface area (TPSA) is 67.0 Å². The van der Waals surface area contributed by atoms with Gasteiger partial charge in [-0.05, 0) is 41.9 Å². The van der Waals surface area contributed by atoms with E-state index in [1.165, 1.54) is 6.33 Å². The summed E-state index contributed by atoms with van der Waals surface area (Å²) in [6.45, 7) is 0. The van der Waals surface area contributed by atoms with Gasteiger partial charge in [-0.2, -0.15) is 0 Å². The molecule has 6 heteroatoms. The van der Waals surface area contributed by atoms with E-state index in [-0.39, 0.29) is 17.7 Å². The Kier molecular flexibility index (Phi) is 3.80. The lowest BCUT2D eigenvalue weighted by atomic mass is 10.2. The molecule has 1 heterocycles. The molecule has 0 amide bonds. The molecule has 5 nitrogen and oxygen atoms in total. The van der Waals surface area contributed by atoms with Crippen LogP contribution in [0.3, 0.4) is 0 Å². The summed E-state index contributed by atoms with van der Waals surface area (Å²) in [6.07, 6.45) is 4.91. The number of hydrogen-bond acceptors (Lipinski definition) is 4. The predicted molar refractivity (Wildman–Crippen MR) is 69.6 cm³/mol. The van der Waals surface area contributed by atoms with Crippen LogP contribution < -0.4 is 10.9 Å². The van der Waals surface area contributed by atoms with Gasteiger partial charge in [-0.25, -0.2) is 4.98 Å². The molecule has 1 aliphatic rings. The first-order valence-electron chi connectivity index (χ1n) is 5.25. The van der Waals surface area contributed by atoms with Crippen molar-refractivity contribution in [1.82, 2.24) is 9.97 Å². The Morgan fingerprint density at radius 1 is 1.62 bits per heavy atom. The summed E-state index contributed by atoms with van der Waals surface area (Å²) in [6, 6.07) is 0.257. The maximum Gasteiger partial charge on any atom is 0.266 e. The third-order valence-electron chi connectivity index (χ3n) is 2.87. The van der Waals surface area contributed by atoms with Gasteiger partial charge in [-0.15, -0.1) is 0 Å². The van der Waals surface area contributed by atoms with Gasteiger partial charge in [0.25, 0.3) is 5.56 Å². The van der Waals surface area contributed by atoms with E-state index in [9.17, 15) is 4.79 Å². The number of nitrogens with zero attached hydrogens (tertiary/aromatic N) is 1. The smallest absolute Gasteiger partial charge is 0.266 e. The normalized spacial score (nSPS) is 24.6. The van der Waals surface area contributed by atoms with E-state index < -0.39 is 0 Å². The van der Waals surface area contributed by atoms with Crippen LogP contribution in [-0.4, -0.2) is 29.2 Å². The van der Waals surface area contributed by atoms with Crippen molar-refractivity contribution in [2.75, 3.05) is 12.4 Å². The van der Waals surface area contributed by atoms with Crippen LogP contribution in [-0.2, 0) is 4.74 Å². The van der Waals surface area contributed by atoms with E-state index in [0.717, 1.165) is 19.3 Å². The highest BCUT2D eigenvalue weighted by atomic mass is 127. The number of nitrogens with one attached hydrogen (secondary N) is 2. The van der Waals surface area contributed by atoms with E-state index in [2.05, 4.69) is 15.3 Å². The summed E-state index contributed by atoms with van der Waals surface area (Å²) in [7, 11) is 1.72. The minimum atomic E-state index is -0.106. The number of anilines is 1. The first-order chi connectivity index (χ1) is 7.72. The van der Waals surface area contributed by atoms with Gasteiger partial charge < -0.3 is 15.0 Å². The fourth-order valence-electron chi connectivity index (χ4n) is 2.03. The van der Waals surface area contributed by atoms with Crippen LogP contribution in [0.5, 0.6) is 0 Å². The number of aromatic nitrogens is 2. The number of H-pyrrole nitrogens is 1. The van der Waals surface area contributed by atoms with Gasteiger partial charge in [-0.3, -0.25) is 4.79 Å². The van der Waals surface area contributed by atoms with Crippen molar-refractivity contribution in [1.29, 1.82) is 0 Å². The van der Waals surface area contributed by atoms with Crippen molar-refractivity contribution < 1.29 is 4.74 Å². The molecule has 16 heavy (non-hydrogen) atoms. The van der Waals surface area contributed by atoms with Gasteiger partial charge in [0.1, 0.15) is 9.39 Å². The minimum Gasteiger partial charge on any atom is -0.379 e. The number of hydrogen-bond donors (Lipinski definition) is 2. The molecule has 1 aliphatic carbocycles. The average molecular weight is 335 g/mol. The highest BCUT2D eigenvalue weighted by Crippen LogP contribution is 2.25. The summed E-state index contributed by atoms with van der Waals surface area (Å²) >= 11 is 2.00. The van der Waals surface area contributed by atoms with Gasteiger partial charge in [-0.1, -0.05) is 0 Å². The molecule has 88 valence electrons. The zero-order chi connectivity index (χ0) is 11.5. The number of halogens is 1. The second-order valence-electron chi connectivity index (χ2n) is 3.85. The molecular formula is C10H14IN3O2.